The fourth-order valence-corrected chi connectivity index (χ4v) is 2.84. The van der Waals surface area contributed by atoms with E-state index in [1.165, 1.54) is 0 Å². The molecule has 0 radical (unpaired) electrons. The van der Waals surface area contributed by atoms with Crippen molar-refractivity contribution in [1.29, 1.82) is 0 Å². The maximum atomic E-state index is 11.9. The maximum absolute atomic E-state index is 11.9. The second kappa shape index (κ2) is 6.63. The molecule has 1 aromatic carbocycles. The second-order valence-corrected chi connectivity index (χ2v) is 6.24. The van der Waals surface area contributed by atoms with Gasteiger partial charge in [0, 0.05) is 13.0 Å². The third-order valence-corrected chi connectivity index (χ3v) is 4.18. The Kier molecular flexibility index (Phi) is 5.60. The van der Waals surface area contributed by atoms with E-state index in [4.69, 9.17) is 16.7 Å². The van der Waals surface area contributed by atoms with Crippen molar-refractivity contribution in [2.75, 3.05) is 6.54 Å². The summed E-state index contributed by atoms with van der Waals surface area (Å²) in [5.74, 6) is -1.32. The molecule has 0 aliphatic carbocycles. The molecule has 0 saturated heterocycles. The number of nitrogens with one attached hydrogen (secondary N) is 1. The summed E-state index contributed by atoms with van der Waals surface area (Å²) < 4.78 is 61.3. The van der Waals surface area contributed by atoms with Gasteiger partial charge in [0.15, 0.2) is 0 Å². The third kappa shape index (κ3) is 5.52. The highest BCUT2D eigenvalue weighted by Gasteiger charge is 2.26. The lowest BCUT2D eigenvalue weighted by Crippen LogP contribution is -2.26. The summed E-state index contributed by atoms with van der Waals surface area (Å²) in [6.07, 6.45) is -5.85. The minimum atomic E-state index is -4.35. The molecule has 5 nitrogen and oxygen atoms in total. The molecular weight excluding hydrogens is 335 g/mol. The fraction of sp³-hybridized carbons (Fsp3) is 0.364. The van der Waals surface area contributed by atoms with Crippen molar-refractivity contribution < 1.29 is 31.5 Å². The monoisotopic (exact) mass is 345 g/mol. The second-order valence-electron chi connectivity index (χ2n) is 4.06. The van der Waals surface area contributed by atoms with Crippen molar-refractivity contribution in [2.45, 2.75) is 23.9 Å². The molecule has 0 aliphatic heterocycles. The van der Waals surface area contributed by atoms with Gasteiger partial charge in [-0.2, -0.15) is 13.2 Å². The van der Waals surface area contributed by atoms with Crippen molar-refractivity contribution >= 4 is 27.6 Å². The molecule has 2 N–H and O–H groups in total. The van der Waals surface area contributed by atoms with E-state index in [1.807, 2.05) is 4.72 Å². The van der Waals surface area contributed by atoms with Crippen LogP contribution in [-0.4, -0.2) is 32.2 Å². The number of sulfonamides is 1. The largest absolute Gasteiger partial charge is 0.478 e. The zero-order valence-corrected chi connectivity index (χ0v) is 12.0. The van der Waals surface area contributed by atoms with Crippen LogP contribution in [0.15, 0.2) is 23.1 Å². The Morgan fingerprint density at radius 2 is 1.95 bits per heavy atom. The van der Waals surface area contributed by atoms with Gasteiger partial charge < -0.3 is 5.11 Å². The summed E-state index contributed by atoms with van der Waals surface area (Å²) in [7, 11) is -4.04. The number of alkyl halides is 3. The highest BCUT2D eigenvalue weighted by molar-refractivity contribution is 7.89. The van der Waals surface area contributed by atoms with E-state index in [0.29, 0.717) is 0 Å². The average molecular weight is 346 g/mol. The first kappa shape index (κ1) is 17.7. The number of aromatic carboxylic acids is 1. The minimum absolute atomic E-state index is 0.271. The first-order valence-corrected chi connectivity index (χ1v) is 7.48. The van der Waals surface area contributed by atoms with Gasteiger partial charge in [0.05, 0.1) is 15.5 Å². The van der Waals surface area contributed by atoms with Crippen LogP contribution in [0.25, 0.3) is 0 Å². The number of hydrogen-bond donors (Lipinski definition) is 2. The topological polar surface area (TPSA) is 83.5 Å². The molecule has 0 unspecified atom stereocenters. The fourth-order valence-electron chi connectivity index (χ4n) is 1.42. The summed E-state index contributed by atoms with van der Waals surface area (Å²) in [4.78, 5) is 10.4. The van der Waals surface area contributed by atoms with Gasteiger partial charge in [0.1, 0.15) is 0 Å². The van der Waals surface area contributed by atoms with Gasteiger partial charge in [0.2, 0.25) is 10.0 Å². The van der Waals surface area contributed by atoms with E-state index in [-0.39, 0.29) is 22.0 Å². The molecule has 0 bridgehead atoms. The SMILES string of the molecule is O=C(O)c1ccc(S(=O)(=O)NCCCC(F)(F)F)cc1Cl. The molecular formula is C11H11ClF3NO4S. The van der Waals surface area contributed by atoms with Gasteiger partial charge in [-0.15, -0.1) is 0 Å². The molecule has 0 spiro atoms. The molecule has 1 rings (SSSR count). The Morgan fingerprint density at radius 1 is 1.33 bits per heavy atom. The van der Waals surface area contributed by atoms with Gasteiger partial charge >= 0.3 is 12.1 Å². The molecule has 0 fully saturated rings. The lowest BCUT2D eigenvalue weighted by Gasteiger charge is -2.09. The van der Waals surface area contributed by atoms with E-state index in [9.17, 15) is 26.4 Å². The zero-order chi connectivity index (χ0) is 16.3. The third-order valence-electron chi connectivity index (χ3n) is 2.41. The number of hydrogen-bond acceptors (Lipinski definition) is 3. The summed E-state index contributed by atoms with van der Waals surface area (Å²) in [5, 5.41) is 8.48. The lowest BCUT2D eigenvalue weighted by molar-refractivity contribution is -0.135. The Morgan fingerprint density at radius 3 is 2.43 bits per heavy atom. The van der Waals surface area contributed by atoms with Gasteiger partial charge in [0.25, 0.3) is 0 Å². The van der Waals surface area contributed by atoms with Crippen LogP contribution in [0.5, 0.6) is 0 Å². The summed E-state index contributed by atoms with van der Waals surface area (Å²) in [5.41, 5.74) is -0.271. The minimum Gasteiger partial charge on any atom is -0.478 e. The predicted molar refractivity (Wildman–Crippen MR) is 68.9 cm³/mol. The van der Waals surface area contributed by atoms with Gasteiger partial charge in [-0.25, -0.2) is 17.9 Å². The molecule has 0 saturated carbocycles. The highest BCUT2D eigenvalue weighted by Crippen LogP contribution is 2.22. The van der Waals surface area contributed by atoms with Crippen molar-refractivity contribution in [3.05, 3.63) is 28.8 Å². The number of carbonyl (C=O) groups is 1. The lowest BCUT2D eigenvalue weighted by atomic mass is 10.2. The number of halogens is 4. The van der Waals surface area contributed by atoms with E-state index in [1.54, 1.807) is 0 Å². The Bertz CT molecular complexity index is 631. The first-order chi connectivity index (χ1) is 9.53. The number of benzene rings is 1. The maximum Gasteiger partial charge on any atom is 0.389 e. The van der Waals surface area contributed by atoms with Crippen LogP contribution in [0.3, 0.4) is 0 Å². The van der Waals surface area contributed by atoms with E-state index < -0.39 is 35.0 Å². The zero-order valence-electron chi connectivity index (χ0n) is 10.4. The van der Waals surface area contributed by atoms with Gasteiger partial charge in [-0.3, -0.25) is 0 Å². The van der Waals surface area contributed by atoms with E-state index in [0.717, 1.165) is 18.2 Å². The molecule has 0 aliphatic rings. The molecule has 1 aromatic rings. The number of rotatable bonds is 6. The Balaban J connectivity index is 2.75. The van der Waals surface area contributed by atoms with Crippen molar-refractivity contribution in [2.24, 2.45) is 0 Å². The standard InChI is InChI=1S/C11H11ClF3NO4S/c12-9-6-7(2-3-8(9)10(17)18)21(19,20)16-5-1-4-11(13,14)15/h2-3,6,16H,1,4-5H2,(H,17,18). The highest BCUT2D eigenvalue weighted by atomic mass is 35.5. The molecule has 10 heteroatoms. The smallest absolute Gasteiger partial charge is 0.389 e. The van der Waals surface area contributed by atoms with Crippen LogP contribution in [0, 0.1) is 0 Å². The Labute approximate surface area is 123 Å². The summed E-state index contributed by atoms with van der Waals surface area (Å²) >= 11 is 5.63. The van der Waals surface area contributed by atoms with Crippen molar-refractivity contribution in [3.63, 3.8) is 0 Å². The number of carboxylic acids is 1. The van der Waals surface area contributed by atoms with Crippen molar-refractivity contribution in [3.8, 4) is 0 Å². The van der Waals surface area contributed by atoms with Crippen LogP contribution in [0.4, 0.5) is 13.2 Å². The molecule has 0 aromatic heterocycles. The van der Waals surface area contributed by atoms with E-state index >= 15 is 0 Å². The first-order valence-electron chi connectivity index (χ1n) is 5.62. The average Bonchev–Trinajstić information content (AvgIpc) is 2.33. The summed E-state index contributed by atoms with van der Waals surface area (Å²) in [6.45, 7) is -0.389. The normalized spacial score (nSPS) is 12.4. The molecule has 118 valence electrons. The molecule has 0 amide bonds. The van der Waals surface area contributed by atoms with Gasteiger partial charge in [-0.05, 0) is 24.6 Å². The number of carboxylic acid groups (broad SMARTS) is 1. The van der Waals surface area contributed by atoms with Crippen LogP contribution < -0.4 is 4.72 Å². The van der Waals surface area contributed by atoms with Crippen LogP contribution in [-0.2, 0) is 10.0 Å². The molecule has 0 heterocycles. The van der Waals surface area contributed by atoms with E-state index in [2.05, 4.69) is 0 Å². The van der Waals surface area contributed by atoms with Crippen molar-refractivity contribution in [1.82, 2.24) is 4.72 Å². The van der Waals surface area contributed by atoms with Crippen LogP contribution >= 0.6 is 11.6 Å². The predicted octanol–water partition coefficient (Wildman–Crippen LogP) is 2.66. The van der Waals surface area contributed by atoms with Gasteiger partial charge in [-0.1, -0.05) is 11.6 Å². The van der Waals surface area contributed by atoms with Crippen LogP contribution in [0.1, 0.15) is 23.2 Å². The van der Waals surface area contributed by atoms with Crippen LogP contribution in [0.2, 0.25) is 5.02 Å². The quantitative estimate of drug-likeness (QED) is 0.776. The Hall–Kier alpha value is -1.32. The molecule has 21 heavy (non-hydrogen) atoms. The summed E-state index contributed by atoms with van der Waals surface area (Å²) in [6, 6.07) is 2.95. The molecule has 0 atom stereocenters.